The molecule has 0 bridgehead atoms. The van der Waals surface area contributed by atoms with E-state index in [4.69, 9.17) is 5.73 Å². The molecule has 0 aromatic carbocycles. The van der Waals surface area contributed by atoms with Crippen molar-refractivity contribution in [1.29, 1.82) is 0 Å². The van der Waals surface area contributed by atoms with Gasteiger partial charge < -0.3 is 16.0 Å². The molecule has 0 spiro atoms. The van der Waals surface area contributed by atoms with Gasteiger partial charge >= 0.3 is 0 Å². The second-order valence-electron chi connectivity index (χ2n) is 3.60. The SMILES string of the molecule is CNc1ccc2[nH]c(-c3cn[nH]c3N)nc2n1. The van der Waals surface area contributed by atoms with Crippen LogP contribution >= 0.6 is 0 Å². The maximum Gasteiger partial charge on any atom is 0.180 e. The molecule has 0 saturated heterocycles. The number of aromatic nitrogens is 5. The van der Waals surface area contributed by atoms with E-state index in [1.54, 1.807) is 6.20 Å². The highest BCUT2D eigenvalue weighted by molar-refractivity contribution is 5.79. The second-order valence-corrected chi connectivity index (χ2v) is 3.60. The van der Waals surface area contributed by atoms with E-state index in [0.29, 0.717) is 17.3 Å². The minimum atomic E-state index is 0.484. The largest absolute Gasteiger partial charge is 0.383 e. The first-order chi connectivity index (χ1) is 8.28. The van der Waals surface area contributed by atoms with Crippen molar-refractivity contribution in [3.8, 4) is 11.4 Å². The highest BCUT2D eigenvalue weighted by Crippen LogP contribution is 2.23. The van der Waals surface area contributed by atoms with Gasteiger partial charge in [0.15, 0.2) is 5.65 Å². The Hall–Kier alpha value is -2.57. The van der Waals surface area contributed by atoms with Gasteiger partial charge in [-0.2, -0.15) is 5.10 Å². The molecule has 3 aromatic heterocycles. The van der Waals surface area contributed by atoms with Crippen molar-refractivity contribution in [2.75, 3.05) is 18.1 Å². The van der Waals surface area contributed by atoms with Crippen LogP contribution in [0.25, 0.3) is 22.6 Å². The summed E-state index contributed by atoms with van der Waals surface area (Å²) in [5.41, 5.74) is 7.99. The molecule has 5 N–H and O–H groups in total. The van der Waals surface area contributed by atoms with Gasteiger partial charge in [-0.15, -0.1) is 0 Å². The number of pyridine rings is 1. The zero-order valence-electron chi connectivity index (χ0n) is 9.15. The summed E-state index contributed by atoms with van der Waals surface area (Å²) in [5.74, 6) is 1.92. The Morgan fingerprint density at radius 1 is 1.29 bits per heavy atom. The first kappa shape index (κ1) is 9.64. The molecule has 7 nitrogen and oxygen atoms in total. The number of imidazole rings is 1. The Labute approximate surface area is 96.5 Å². The molecule has 0 fully saturated rings. The number of rotatable bonds is 2. The smallest absolute Gasteiger partial charge is 0.180 e. The summed E-state index contributed by atoms with van der Waals surface area (Å²) >= 11 is 0. The number of nitrogens with two attached hydrogens (primary N) is 1. The van der Waals surface area contributed by atoms with Gasteiger partial charge in [0.1, 0.15) is 17.5 Å². The fourth-order valence-corrected chi connectivity index (χ4v) is 1.64. The van der Waals surface area contributed by atoms with E-state index in [1.165, 1.54) is 0 Å². The molecule has 3 aromatic rings. The molecule has 3 heterocycles. The number of nitrogens with zero attached hydrogens (tertiary/aromatic N) is 3. The number of fused-ring (bicyclic) bond motifs is 1. The van der Waals surface area contributed by atoms with Crippen LogP contribution in [0.2, 0.25) is 0 Å². The third-order valence-corrected chi connectivity index (χ3v) is 2.53. The lowest BCUT2D eigenvalue weighted by atomic mass is 10.3. The van der Waals surface area contributed by atoms with Gasteiger partial charge in [-0.1, -0.05) is 0 Å². The van der Waals surface area contributed by atoms with E-state index in [9.17, 15) is 0 Å². The molecule has 86 valence electrons. The number of H-pyrrole nitrogens is 2. The van der Waals surface area contributed by atoms with Gasteiger partial charge in [0.2, 0.25) is 0 Å². The summed E-state index contributed by atoms with van der Waals surface area (Å²) in [6, 6.07) is 3.80. The third-order valence-electron chi connectivity index (χ3n) is 2.53. The summed E-state index contributed by atoms with van der Waals surface area (Å²) in [6.45, 7) is 0. The normalized spacial score (nSPS) is 10.9. The van der Waals surface area contributed by atoms with Crippen molar-refractivity contribution in [3.63, 3.8) is 0 Å². The van der Waals surface area contributed by atoms with Gasteiger partial charge in [0.05, 0.1) is 17.3 Å². The lowest BCUT2D eigenvalue weighted by Crippen LogP contribution is -1.91. The van der Waals surface area contributed by atoms with Crippen LogP contribution in [-0.2, 0) is 0 Å². The number of hydrogen-bond donors (Lipinski definition) is 4. The standard InChI is InChI=1S/C10H11N7/c1-12-7-3-2-6-10(15-7)16-9(14-6)5-4-13-17-8(5)11/h2-4H,1H3,(H3,11,13,17)(H2,12,14,15,16). The van der Waals surface area contributed by atoms with E-state index >= 15 is 0 Å². The molecular weight excluding hydrogens is 218 g/mol. The molecule has 17 heavy (non-hydrogen) atoms. The molecule has 0 aliphatic carbocycles. The van der Waals surface area contributed by atoms with Crippen molar-refractivity contribution in [2.45, 2.75) is 0 Å². The molecule has 0 saturated carbocycles. The van der Waals surface area contributed by atoms with Gasteiger partial charge in [-0.3, -0.25) is 5.10 Å². The fraction of sp³-hybridized carbons (Fsp3) is 0.100. The Bertz CT molecular complexity index is 666. The average Bonchev–Trinajstić information content (AvgIpc) is 2.93. The number of aromatic amines is 2. The summed E-state index contributed by atoms with van der Waals surface area (Å²) in [7, 11) is 1.82. The van der Waals surface area contributed by atoms with Crippen molar-refractivity contribution >= 4 is 22.8 Å². The third kappa shape index (κ3) is 1.48. The summed E-state index contributed by atoms with van der Waals surface area (Å²) in [5, 5.41) is 9.49. The average molecular weight is 229 g/mol. The highest BCUT2D eigenvalue weighted by Gasteiger charge is 2.10. The number of anilines is 2. The Balaban J connectivity index is 2.17. The van der Waals surface area contributed by atoms with E-state index < -0.39 is 0 Å². The maximum atomic E-state index is 5.74. The fourth-order valence-electron chi connectivity index (χ4n) is 1.64. The minimum absolute atomic E-state index is 0.484. The van der Waals surface area contributed by atoms with E-state index in [2.05, 4.69) is 30.5 Å². The predicted molar refractivity (Wildman–Crippen MR) is 65.4 cm³/mol. The Morgan fingerprint density at radius 3 is 2.88 bits per heavy atom. The molecule has 3 rings (SSSR count). The molecule has 0 aliphatic rings. The molecule has 0 amide bonds. The zero-order valence-corrected chi connectivity index (χ0v) is 9.15. The lowest BCUT2D eigenvalue weighted by molar-refractivity contribution is 1.10. The van der Waals surface area contributed by atoms with Crippen LogP contribution in [0.3, 0.4) is 0 Å². The van der Waals surface area contributed by atoms with Crippen LogP contribution < -0.4 is 11.1 Å². The van der Waals surface area contributed by atoms with Crippen LogP contribution in [0, 0.1) is 0 Å². The van der Waals surface area contributed by atoms with Crippen LogP contribution in [0.5, 0.6) is 0 Å². The number of hydrogen-bond acceptors (Lipinski definition) is 5. The monoisotopic (exact) mass is 229 g/mol. The molecular formula is C10H11N7. The summed E-state index contributed by atoms with van der Waals surface area (Å²) in [6.07, 6.45) is 1.63. The predicted octanol–water partition coefficient (Wildman–Crippen LogP) is 0.972. The Kier molecular flexibility index (Phi) is 1.97. The van der Waals surface area contributed by atoms with Crippen LogP contribution in [0.15, 0.2) is 18.3 Å². The molecule has 0 radical (unpaired) electrons. The number of nitrogens with one attached hydrogen (secondary N) is 3. The summed E-state index contributed by atoms with van der Waals surface area (Å²) in [4.78, 5) is 11.9. The molecule has 0 aliphatic heterocycles. The van der Waals surface area contributed by atoms with Crippen LogP contribution in [-0.4, -0.2) is 32.2 Å². The first-order valence-electron chi connectivity index (χ1n) is 5.11. The van der Waals surface area contributed by atoms with E-state index in [1.807, 2.05) is 19.2 Å². The van der Waals surface area contributed by atoms with Gasteiger partial charge in [-0.25, -0.2) is 9.97 Å². The van der Waals surface area contributed by atoms with Gasteiger partial charge in [0.25, 0.3) is 0 Å². The van der Waals surface area contributed by atoms with Crippen molar-refractivity contribution in [2.24, 2.45) is 0 Å². The van der Waals surface area contributed by atoms with Gasteiger partial charge in [-0.05, 0) is 12.1 Å². The Morgan fingerprint density at radius 2 is 2.18 bits per heavy atom. The van der Waals surface area contributed by atoms with Crippen LogP contribution in [0.4, 0.5) is 11.6 Å². The first-order valence-corrected chi connectivity index (χ1v) is 5.11. The molecule has 0 atom stereocenters. The zero-order chi connectivity index (χ0) is 11.8. The highest BCUT2D eigenvalue weighted by atomic mass is 15.2. The number of nitrogen functional groups attached to an aromatic ring is 1. The van der Waals surface area contributed by atoms with Crippen LogP contribution in [0.1, 0.15) is 0 Å². The van der Waals surface area contributed by atoms with E-state index in [0.717, 1.165) is 16.9 Å². The lowest BCUT2D eigenvalue weighted by Gasteiger charge is -1.95. The van der Waals surface area contributed by atoms with Gasteiger partial charge in [0, 0.05) is 7.05 Å². The van der Waals surface area contributed by atoms with Crippen molar-refractivity contribution < 1.29 is 0 Å². The van der Waals surface area contributed by atoms with Crippen molar-refractivity contribution in [3.05, 3.63) is 18.3 Å². The minimum Gasteiger partial charge on any atom is -0.383 e. The van der Waals surface area contributed by atoms with E-state index in [-0.39, 0.29) is 0 Å². The molecule has 0 unspecified atom stereocenters. The quantitative estimate of drug-likeness (QED) is 0.523. The maximum absolute atomic E-state index is 5.74. The summed E-state index contributed by atoms with van der Waals surface area (Å²) < 4.78 is 0. The second kappa shape index (κ2) is 3.48. The molecule has 7 heteroatoms. The topological polar surface area (TPSA) is 108 Å². The van der Waals surface area contributed by atoms with Crippen molar-refractivity contribution in [1.82, 2.24) is 25.1 Å².